The summed E-state index contributed by atoms with van der Waals surface area (Å²) < 4.78 is 24.3. The predicted octanol–water partition coefficient (Wildman–Crippen LogP) is 1.18. The lowest BCUT2D eigenvalue weighted by molar-refractivity contribution is 0.364. The maximum Gasteiger partial charge on any atom is 0.254 e. The summed E-state index contributed by atoms with van der Waals surface area (Å²) in [6, 6.07) is 10.3. The molecule has 0 heterocycles. The number of hydrogen-bond acceptors (Lipinski definition) is 4. The SMILES string of the molecule is CN(C)NS(=O)(=O)c1cccc2cc(N)ccc12. The number of hydrazine groups is 1. The highest BCUT2D eigenvalue weighted by Gasteiger charge is 2.17. The van der Waals surface area contributed by atoms with Gasteiger partial charge in [0.2, 0.25) is 0 Å². The molecule has 96 valence electrons. The van der Waals surface area contributed by atoms with E-state index in [1.54, 1.807) is 44.4 Å². The van der Waals surface area contributed by atoms with Crippen LogP contribution in [0.2, 0.25) is 0 Å². The first-order chi connectivity index (χ1) is 8.40. The molecule has 18 heavy (non-hydrogen) atoms. The average Bonchev–Trinajstić information content (AvgIpc) is 2.26. The summed E-state index contributed by atoms with van der Waals surface area (Å²) in [6.45, 7) is 0. The minimum absolute atomic E-state index is 0.244. The van der Waals surface area contributed by atoms with Gasteiger partial charge < -0.3 is 5.73 Å². The molecule has 0 aromatic heterocycles. The topological polar surface area (TPSA) is 75.4 Å². The molecule has 2 rings (SSSR count). The van der Waals surface area contributed by atoms with E-state index in [4.69, 9.17) is 5.73 Å². The largest absolute Gasteiger partial charge is 0.399 e. The monoisotopic (exact) mass is 265 g/mol. The first-order valence-electron chi connectivity index (χ1n) is 5.38. The van der Waals surface area contributed by atoms with Crippen LogP contribution < -0.4 is 10.6 Å². The molecule has 0 amide bonds. The van der Waals surface area contributed by atoms with Crippen molar-refractivity contribution in [2.24, 2.45) is 0 Å². The standard InChI is InChI=1S/C12H15N3O2S/c1-15(2)14-18(16,17)12-5-3-4-9-8-10(13)6-7-11(9)12/h3-8,14H,13H2,1-2H3. The van der Waals surface area contributed by atoms with Crippen molar-refractivity contribution in [1.29, 1.82) is 0 Å². The van der Waals surface area contributed by atoms with E-state index in [9.17, 15) is 8.42 Å². The average molecular weight is 265 g/mol. The fourth-order valence-electron chi connectivity index (χ4n) is 1.80. The number of fused-ring (bicyclic) bond motifs is 1. The zero-order chi connectivity index (χ0) is 13.3. The molecule has 0 unspecified atom stereocenters. The molecular formula is C12H15N3O2S. The van der Waals surface area contributed by atoms with Crippen LogP contribution in [0.1, 0.15) is 0 Å². The Balaban J connectivity index is 2.65. The normalized spacial score (nSPS) is 12.2. The van der Waals surface area contributed by atoms with Gasteiger partial charge in [-0.25, -0.2) is 13.4 Å². The number of nitrogens with zero attached hydrogens (tertiary/aromatic N) is 1. The highest BCUT2D eigenvalue weighted by Crippen LogP contribution is 2.24. The van der Waals surface area contributed by atoms with E-state index in [2.05, 4.69) is 4.83 Å². The third-order valence-electron chi connectivity index (χ3n) is 2.46. The second kappa shape index (κ2) is 4.56. The van der Waals surface area contributed by atoms with E-state index in [0.717, 1.165) is 5.39 Å². The lowest BCUT2D eigenvalue weighted by atomic mass is 10.1. The summed E-state index contributed by atoms with van der Waals surface area (Å²) in [4.78, 5) is 2.66. The highest BCUT2D eigenvalue weighted by molar-refractivity contribution is 7.89. The third kappa shape index (κ3) is 2.45. The maximum absolute atomic E-state index is 12.2. The maximum atomic E-state index is 12.2. The molecule has 0 radical (unpaired) electrons. The molecule has 0 fully saturated rings. The van der Waals surface area contributed by atoms with E-state index in [1.165, 1.54) is 5.01 Å². The van der Waals surface area contributed by atoms with Crippen molar-refractivity contribution in [1.82, 2.24) is 9.84 Å². The third-order valence-corrected chi connectivity index (χ3v) is 4.00. The van der Waals surface area contributed by atoms with Crippen molar-refractivity contribution >= 4 is 26.5 Å². The number of rotatable bonds is 3. The van der Waals surface area contributed by atoms with Crippen LogP contribution in [0, 0.1) is 0 Å². The van der Waals surface area contributed by atoms with E-state index >= 15 is 0 Å². The first kappa shape index (κ1) is 12.8. The minimum Gasteiger partial charge on any atom is -0.399 e. The Labute approximate surface area is 106 Å². The molecule has 2 aromatic rings. The van der Waals surface area contributed by atoms with Crippen LogP contribution in [0.3, 0.4) is 0 Å². The van der Waals surface area contributed by atoms with E-state index in [0.29, 0.717) is 11.1 Å². The summed E-state index contributed by atoms with van der Waals surface area (Å²) in [5, 5.41) is 2.85. The number of nitrogens with two attached hydrogens (primary N) is 1. The van der Waals surface area contributed by atoms with Gasteiger partial charge in [-0.05, 0) is 23.6 Å². The van der Waals surface area contributed by atoms with Crippen LogP contribution in [0.4, 0.5) is 5.69 Å². The van der Waals surface area contributed by atoms with Crippen LogP contribution >= 0.6 is 0 Å². The van der Waals surface area contributed by atoms with Crippen LogP contribution in [-0.2, 0) is 10.0 Å². The molecule has 0 aliphatic heterocycles. The second-order valence-corrected chi connectivity index (χ2v) is 5.86. The molecule has 3 N–H and O–H groups in total. The summed E-state index contributed by atoms with van der Waals surface area (Å²) in [5.41, 5.74) is 6.30. The van der Waals surface area contributed by atoms with Gasteiger partial charge in [0, 0.05) is 25.2 Å². The minimum atomic E-state index is -3.56. The summed E-state index contributed by atoms with van der Waals surface area (Å²) in [5.74, 6) is 0. The summed E-state index contributed by atoms with van der Waals surface area (Å²) in [6.07, 6.45) is 0. The Kier molecular flexibility index (Phi) is 3.25. The van der Waals surface area contributed by atoms with Gasteiger partial charge in [0.05, 0.1) is 4.90 Å². The van der Waals surface area contributed by atoms with Crippen molar-refractivity contribution in [3.8, 4) is 0 Å². The molecule has 5 nitrogen and oxygen atoms in total. The van der Waals surface area contributed by atoms with Crippen molar-refractivity contribution in [3.63, 3.8) is 0 Å². The molecule has 6 heteroatoms. The molecule has 0 atom stereocenters. The fourth-order valence-corrected chi connectivity index (χ4v) is 3.11. The second-order valence-electron chi connectivity index (χ2n) is 4.23. The van der Waals surface area contributed by atoms with Crippen molar-refractivity contribution < 1.29 is 8.42 Å². The lowest BCUT2D eigenvalue weighted by Gasteiger charge is -2.14. The first-order valence-corrected chi connectivity index (χ1v) is 6.86. The Bertz CT molecular complexity index is 681. The van der Waals surface area contributed by atoms with Crippen molar-refractivity contribution in [3.05, 3.63) is 36.4 Å². The van der Waals surface area contributed by atoms with E-state index in [-0.39, 0.29) is 4.90 Å². The molecular weight excluding hydrogens is 250 g/mol. The highest BCUT2D eigenvalue weighted by atomic mass is 32.2. The molecule has 0 aliphatic rings. The summed E-state index contributed by atoms with van der Waals surface area (Å²) in [7, 11) is -0.313. The van der Waals surface area contributed by atoms with Gasteiger partial charge >= 0.3 is 0 Å². The van der Waals surface area contributed by atoms with Gasteiger partial charge in [-0.2, -0.15) is 0 Å². The smallest absolute Gasteiger partial charge is 0.254 e. The summed E-state index contributed by atoms with van der Waals surface area (Å²) >= 11 is 0. The van der Waals surface area contributed by atoms with E-state index in [1.807, 2.05) is 6.07 Å². The molecule has 2 aromatic carbocycles. The molecule has 0 aliphatic carbocycles. The number of benzene rings is 2. The number of nitrogen functional groups attached to an aromatic ring is 1. The van der Waals surface area contributed by atoms with Crippen LogP contribution in [0.15, 0.2) is 41.3 Å². The number of anilines is 1. The Morgan fingerprint density at radius 2 is 1.89 bits per heavy atom. The van der Waals surface area contributed by atoms with Gasteiger partial charge in [0.25, 0.3) is 10.0 Å². The number of sulfonamides is 1. The number of nitrogens with one attached hydrogen (secondary N) is 1. The predicted molar refractivity (Wildman–Crippen MR) is 72.4 cm³/mol. The van der Waals surface area contributed by atoms with Gasteiger partial charge in [0.1, 0.15) is 0 Å². The van der Waals surface area contributed by atoms with Gasteiger partial charge in [0.15, 0.2) is 0 Å². The number of hydrogen-bond donors (Lipinski definition) is 2. The van der Waals surface area contributed by atoms with Gasteiger partial charge in [-0.1, -0.05) is 18.2 Å². The van der Waals surface area contributed by atoms with Gasteiger partial charge in [-0.3, -0.25) is 0 Å². The Morgan fingerprint density at radius 1 is 1.17 bits per heavy atom. The zero-order valence-electron chi connectivity index (χ0n) is 10.2. The van der Waals surface area contributed by atoms with Crippen LogP contribution in [0.5, 0.6) is 0 Å². The molecule has 0 bridgehead atoms. The molecule has 0 saturated carbocycles. The van der Waals surface area contributed by atoms with E-state index < -0.39 is 10.0 Å². The van der Waals surface area contributed by atoms with Crippen LogP contribution in [0.25, 0.3) is 10.8 Å². The Morgan fingerprint density at radius 3 is 2.56 bits per heavy atom. The Hall–Kier alpha value is -1.63. The van der Waals surface area contributed by atoms with Crippen LogP contribution in [-0.4, -0.2) is 27.5 Å². The lowest BCUT2D eigenvalue weighted by Crippen LogP contribution is -2.36. The molecule has 0 saturated heterocycles. The molecule has 0 spiro atoms. The van der Waals surface area contributed by atoms with Gasteiger partial charge in [-0.15, -0.1) is 4.83 Å². The van der Waals surface area contributed by atoms with Crippen molar-refractivity contribution in [2.75, 3.05) is 19.8 Å². The quantitative estimate of drug-likeness (QED) is 0.645. The van der Waals surface area contributed by atoms with Crippen molar-refractivity contribution in [2.45, 2.75) is 4.90 Å². The fraction of sp³-hybridized carbons (Fsp3) is 0.167. The zero-order valence-corrected chi connectivity index (χ0v) is 11.0.